The number of amides is 1. The molecule has 7 nitrogen and oxygen atoms in total. The van der Waals surface area contributed by atoms with Crippen LogP contribution in [0.2, 0.25) is 0 Å². The fraction of sp³-hybridized carbons (Fsp3) is 0.0938. The van der Waals surface area contributed by atoms with Crippen molar-refractivity contribution in [2.75, 3.05) is 11.5 Å². The summed E-state index contributed by atoms with van der Waals surface area (Å²) in [6.07, 6.45) is 0. The molecule has 1 aliphatic heterocycles. The van der Waals surface area contributed by atoms with Crippen LogP contribution in [0.15, 0.2) is 112 Å². The number of anilines is 1. The van der Waals surface area contributed by atoms with E-state index in [1.807, 2.05) is 54.6 Å². The van der Waals surface area contributed by atoms with Crippen LogP contribution in [0, 0.1) is 0 Å². The Labute approximate surface area is 223 Å². The molecular formula is C32H23NO6. The van der Waals surface area contributed by atoms with E-state index in [0.29, 0.717) is 39.3 Å². The molecule has 1 atom stereocenters. The SMILES string of the molecule is CCOC(=O)c1ccc(N2C(=O)c3oc4ccccc4c(=O)c3C2c2cccc(Oc3ccccc3)c2)cc1. The van der Waals surface area contributed by atoms with Crippen molar-refractivity contribution >= 4 is 28.5 Å². The third-order valence-electron chi connectivity index (χ3n) is 6.59. The molecule has 0 saturated carbocycles. The molecule has 39 heavy (non-hydrogen) atoms. The number of fused-ring (bicyclic) bond motifs is 2. The molecule has 4 aromatic carbocycles. The Kier molecular flexibility index (Phi) is 6.17. The van der Waals surface area contributed by atoms with Crippen LogP contribution in [0.4, 0.5) is 5.69 Å². The number of rotatable bonds is 6. The van der Waals surface area contributed by atoms with Crippen molar-refractivity contribution in [3.8, 4) is 11.5 Å². The minimum absolute atomic E-state index is 0.00690. The van der Waals surface area contributed by atoms with Gasteiger partial charge in [0.05, 0.1) is 29.2 Å². The van der Waals surface area contributed by atoms with Gasteiger partial charge in [-0.1, -0.05) is 42.5 Å². The first-order valence-corrected chi connectivity index (χ1v) is 12.5. The topological polar surface area (TPSA) is 86.0 Å². The third-order valence-corrected chi connectivity index (χ3v) is 6.59. The van der Waals surface area contributed by atoms with Gasteiger partial charge in [-0.25, -0.2) is 4.79 Å². The number of ether oxygens (including phenoxy) is 2. The summed E-state index contributed by atoms with van der Waals surface area (Å²) in [5.41, 5.74) is 1.86. The molecule has 1 unspecified atom stereocenters. The van der Waals surface area contributed by atoms with E-state index in [9.17, 15) is 14.4 Å². The molecule has 0 fully saturated rings. The lowest BCUT2D eigenvalue weighted by atomic mass is 9.98. The monoisotopic (exact) mass is 517 g/mol. The smallest absolute Gasteiger partial charge is 0.338 e. The third kappa shape index (κ3) is 4.34. The van der Waals surface area contributed by atoms with Gasteiger partial charge in [-0.2, -0.15) is 0 Å². The van der Waals surface area contributed by atoms with E-state index >= 15 is 0 Å². The molecule has 1 aromatic heterocycles. The molecule has 5 aromatic rings. The minimum atomic E-state index is -0.777. The summed E-state index contributed by atoms with van der Waals surface area (Å²) in [6, 6.07) is 29.3. The van der Waals surface area contributed by atoms with Crippen molar-refractivity contribution in [2.24, 2.45) is 0 Å². The van der Waals surface area contributed by atoms with Crippen LogP contribution in [0.1, 0.15) is 45.0 Å². The van der Waals surface area contributed by atoms with Crippen LogP contribution in [0.25, 0.3) is 11.0 Å². The second-order valence-corrected chi connectivity index (χ2v) is 9.00. The Bertz CT molecular complexity index is 1760. The average Bonchev–Trinajstić information content (AvgIpc) is 3.26. The lowest BCUT2D eigenvalue weighted by Gasteiger charge is -2.25. The molecule has 0 aliphatic carbocycles. The van der Waals surface area contributed by atoms with Crippen molar-refractivity contribution in [2.45, 2.75) is 13.0 Å². The van der Waals surface area contributed by atoms with Gasteiger partial charge in [-0.3, -0.25) is 14.5 Å². The predicted octanol–water partition coefficient (Wildman–Crippen LogP) is 6.51. The van der Waals surface area contributed by atoms with E-state index in [0.717, 1.165) is 0 Å². The van der Waals surface area contributed by atoms with E-state index in [1.54, 1.807) is 55.5 Å². The van der Waals surface area contributed by atoms with Crippen LogP contribution in [-0.2, 0) is 4.74 Å². The second-order valence-electron chi connectivity index (χ2n) is 9.00. The molecule has 6 rings (SSSR count). The maximum atomic E-state index is 13.8. The van der Waals surface area contributed by atoms with E-state index in [1.165, 1.54) is 4.90 Å². The molecule has 0 radical (unpaired) electrons. The molecular weight excluding hydrogens is 494 g/mol. The van der Waals surface area contributed by atoms with Crippen LogP contribution in [0.5, 0.6) is 11.5 Å². The number of para-hydroxylation sites is 2. The van der Waals surface area contributed by atoms with Gasteiger partial charge >= 0.3 is 5.97 Å². The average molecular weight is 518 g/mol. The number of hydrogen-bond donors (Lipinski definition) is 0. The largest absolute Gasteiger partial charge is 0.462 e. The highest BCUT2D eigenvalue weighted by molar-refractivity contribution is 6.10. The lowest BCUT2D eigenvalue weighted by molar-refractivity contribution is 0.0526. The van der Waals surface area contributed by atoms with Crippen LogP contribution in [0.3, 0.4) is 0 Å². The van der Waals surface area contributed by atoms with E-state index < -0.39 is 17.9 Å². The van der Waals surface area contributed by atoms with E-state index in [2.05, 4.69) is 0 Å². The van der Waals surface area contributed by atoms with Gasteiger partial charge in [0.15, 0.2) is 5.43 Å². The second kappa shape index (κ2) is 9.95. The standard InChI is InChI=1S/C32H23NO6/c1-2-37-32(36)20-15-17-22(18-16-20)33-28(21-9-8-12-24(19-21)38-23-10-4-3-5-11-23)27-29(34)25-13-6-7-14-26(25)39-30(27)31(33)35/h3-19,28H,2H2,1H3. The minimum Gasteiger partial charge on any atom is -0.462 e. The molecule has 0 N–H and O–H groups in total. The Hall–Kier alpha value is -5.17. The number of nitrogens with zero attached hydrogens (tertiary/aromatic N) is 1. The molecule has 0 saturated heterocycles. The fourth-order valence-corrected chi connectivity index (χ4v) is 4.85. The number of hydrogen-bond acceptors (Lipinski definition) is 6. The first-order valence-electron chi connectivity index (χ1n) is 12.5. The number of esters is 1. The zero-order chi connectivity index (χ0) is 26.9. The molecule has 1 amide bonds. The number of carbonyl (C=O) groups excluding carboxylic acids is 2. The first-order chi connectivity index (χ1) is 19.0. The Morgan fingerprint density at radius 1 is 0.846 bits per heavy atom. The fourth-order valence-electron chi connectivity index (χ4n) is 4.85. The molecule has 2 heterocycles. The van der Waals surface area contributed by atoms with E-state index in [-0.39, 0.29) is 23.4 Å². The molecule has 0 bridgehead atoms. The number of benzene rings is 4. The van der Waals surface area contributed by atoms with Gasteiger partial charge in [0, 0.05) is 5.69 Å². The Morgan fingerprint density at radius 2 is 1.56 bits per heavy atom. The highest BCUT2D eigenvalue weighted by Crippen LogP contribution is 2.42. The molecule has 0 spiro atoms. The Morgan fingerprint density at radius 3 is 2.33 bits per heavy atom. The van der Waals surface area contributed by atoms with Crippen LogP contribution >= 0.6 is 0 Å². The van der Waals surface area contributed by atoms with Gasteiger partial charge in [0.2, 0.25) is 5.76 Å². The van der Waals surface area contributed by atoms with Gasteiger partial charge < -0.3 is 13.9 Å². The van der Waals surface area contributed by atoms with Crippen LogP contribution in [-0.4, -0.2) is 18.5 Å². The zero-order valence-electron chi connectivity index (χ0n) is 21.0. The highest BCUT2D eigenvalue weighted by atomic mass is 16.5. The lowest BCUT2D eigenvalue weighted by Crippen LogP contribution is -2.29. The Balaban J connectivity index is 1.49. The summed E-state index contributed by atoms with van der Waals surface area (Å²) in [7, 11) is 0. The van der Waals surface area contributed by atoms with Crippen LogP contribution < -0.4 is 15.1 Å². The van der Waals surface area contributed by atoms with Gasteiger partial charge in [0.1, 0.15) is 17.1 Å². The first kappa shape index (κ1) is 24.2. The van der Waals surface area contributed by atoms with Gasteiger partial charge in [0.25, 0.3) is 5.91 Å². The maximum absolute atomic E-state index is 13.8. The zero-order valence-corrected chi connectivity index (χ0v) is 21.0. The van der Waals surface area contributed by atoms with Crippen molar-refractivity contribution < 1.29 is 23.5 Å². The molecule has 192 valence electrons. The summed E-state index contributed by atoms with van der Waals surface area (Å²) < 4.78 is 17.2. The predicted molar refractivity (Wildman–Crippen MR) is 146 cm³/mol. The summed E-state index contributed by atoms with van der Waals surface area (Å²) in [6.45, 7) is 1.99. The molecule has 7 heteroatoms. The quantitative estimate of drug-likeness (QED) is 0.239. The summed E-state index contributed by atoms with van der Waals surface area (Å²) in [5.74, 6) is 0.311. The van der Waals surface area contributed by atoms with E-state index in [4.69, 9.17) is 13.9 Å². The summed E-state index contributed by atoms with van der Waals surface area (Å²) in [4.78, 5) is 41.3. The normalized spacial score (nSPS) is 14.3. The summed E-state index contributed by atoms with van der Waals surface area (Å²) in [5, 5.41) is 0.394. The van der Waals surface area contributed by atoms with Crippen molar-refractivity contribution in [1.82, 2.24) is 0 Å². The molecule has 1 aliphatic rings. The maximum Gasteiger partial charge on any atom is 0.338 e. The van der Waals surface area contributed by atoms with Crippen molar-refractivity contribution in [1.29, 1.82) is 0 Å². The summed E-state index contributed by atoms with van der Waals surface area (Å²) >= 11 is 0. The van der Waals surface area contributed by atoms with Crippen molar-refractivity contribution in [3.05, 3.63) is 136 Å². The van der Waals surface area contributed by atoms with Crippen molar-refractivity contribution in [3.63, 3.8) is 0 Å². The van der Waals surface area contributed by atoms with Gasteiger partial charge in [-0.05, 0) is 73.2 Å². The number of carbonyl (C=O) groups is 2. The highest BCUT2D eigenvalue weighted by Gasteiger charge is 2.43. The van der Waals surface area contributed by atoms with Gasteiger partial charge in [-0.15, -0.1) is 0 Å².